The number of aromatic amines is 1. The zero-order valence-corrected chi connectivity index (χ0v) is 13.7. The third kappa shape index (κ3) is 3.39. The molecule has 1 aromatic heterocycles. The fourth-order valence-electron chi connectivity index (χ4n) is 2.58. The first-order valence-corrected chi connectivity index (χ1v) is 9.01. The second-order valence-electron chi connectivity index (χ2n) is 5.72. The fraction of sp³-hybridized carbons (Fsp3) is 0.312. The minimum atomic E-state index is -3.71. The van der Waals surface area contributed by atoms with Crippen molar-refractivity contribution in [2.45, 2.75) is 24.7 Å². The number of rotatable bonds is 4. The van der Waals surface area contributed by atoms with E-state index in [0.29, 0.717) is 11.4 Å². The Morgan fingerprint density at radius 1 is 1.17 bits per heavy atom. The summed E-state index contributed by atoms with van der Waals surface area (Å²) in [7, 11) is -3.71. The number of carbonyl (C=O) groups excluding carboxylic acids is 1. The molecular formula is C16H19N3O3S. The fourth-order valence-corrected chi connectivity index (χ4v) is 3.63. The molecule has 0 bridgehead atoms. The Balaban J connectivity index is 1.78. The van der Waals surface area contributed by atoms with E-state index in [2.05, 4.69) is 9.71 Å². The maximum atomic E-state index is 12.4. The summed E-state index contributed by atoms with van der Waals surface area (Å²) in [4.78, 5) is 16.8. The van der Waals surface area contributed by atoms with Crippen molar-refractivity contribution in [1.29, 1.82) is 0 Å². The standard InChI is InChI=1S/C16H19N3O3S/c1-12-4-6-13(7-5-12)18-23(21,22)14-10-15(17-11-14)16(20)19-8-2-3-9-19/h4-7,10-11,17-18H,2-3,8-9H2,1H3. The molecule has 3 rings (SSSR count). The van der Waals surface area contributed by atoms with Crippen LogP contribution in [0.2, 0.25) is 0 Å². The lowest BCUT2D eigenvalue weighted by molar-refractivity contribution is 0.0787. The number of carbonyl (C=O) groups is 1. The lowest BCUT2D eigenvalue weighted by Crippen LogP contribution is -2.27. The lowest BCUT2D eigenvalue weighted by Gasteiger charge is -2.13. The Morgan fingerprint density at radius 2 is 1.83 bits per heavy atom. The molecule has 2 aromatic rings. The molecule has 1 saturated heterocycles. The molecule has 1 aromatic carbocycles. The van der Waals surface area contributed by atoms with Crippen LogP contribution in [0.5, 0.6) is 0 Å². The van der Waals surface area contributed by atoms with Gasteiger partial charge in [0, 0.05) is 25.0 Å². The number of hydrogen-bond donors (Lipinski definition) is 2. The number of nitrogens with one attached hydrogen (secondary N) is 2. The van der Waals surface area contributed by atoms with Gasteiger partial charge in [0.05, 0.1) is 0 Å². The van der Waals surface area contributed by atoms with Gasteiger partial charge in [0.2, 0.25) is 0 Å². The molecule has 0 saturated carbocycles. The largest absolute Gasteiger partial charge is 0.356 e. The van der Waals surface area contributed by atoms with E-state index in [1.54, 1.807) is 17.0 Å². The molecule has 2 N–H and O–H groups in total. The molecule has 2 heterocycles. The Morgan fingerprint density at radius 3 is 2.48 bits per heavy atom. The Bertz CT molecular complexity index is 803. The number of sulfonamides is 1. The zero-order chi connectivity index (χ0) is 16.4. The quantitative estimate of drug-likeness (QED) is 0.901. The number of H-pyrrole nitrogens is 1. The predicted molar refractivity (Wildman–Crippen MR) is 87.9 cm³/mol. The first-order chi connectivity index (χ1) is 11.0. The van der Waals surface area contributed by atoms with E-state index in [-0.39, 0.29) is 10.8 Å². The Kier molecular flexibility index (Phi) is 4.12. The SMILES string of the molecule is Cc1ccc(NS(=O)(=O)c2c[nH]c(C(=O)N3CCCC3)c2)cc1. The molecule has 6 nitrogen and oxygen atoms in total. The van der Waals surface area contributed by atoms with Gasteiger partial charge in [0.25, 0.3) is 15.9 Å². The summed E-state index contributed by atoms with van der Waals surface area (Å²) in [5.74, 6) is -0.153. The molecule has 23 heavy (non-hydrogen) atoms. The number of aromatic nitrogens is 1. The van der Waals surface area contributed by atoms with Crippen LogP contribution in [0.4, 0.5) is 5.69 Å². The van der Waals surface area contributed by atoms with Crippen molar-refractivity contribution >= 4 is 21.6 Å². The highest BCUT2D eigenvalue weighted by atomic mass is 32.2. The minimum absolute atomic E-state index is 0.0561. The summed E-state index contributed by atoms with van der Waals surface area (Å²) < 4.78 is 27.3. The van der Waals surface area contributed by atoms with Crippen molar-refractivity contribution in [3.8, 4) is 0 Å². The summed E-state index contributed by atoms with van der Waals surface area (Å²) in [5.41, 5.74) is 1.84. The average Bonchev–Trinajstić information content (AvgIpc) is 3.20. The van der Waals surface area contributed by atoms with Gasteiger partial charge in [-0.05, 0) is 38.0 Å². The summed E-state index contributed by atoms with van der Waals surface area (Å²) in [6, 6.07) is 8.46. The van der Waals surface area contributed by atoms with E-state index >= 15 is 0 Å². The van der Waals surface area contributed by atoms with Crippen LogP contribution in [-0.4, -0.2) is 37.3 Å². The number of aryl methyl sites for hydroxylation is 1. The van der Waals surface area contributed by atoms with Crippen LogP contribution in [0.15, 0.2) is 41.4 Å². The molecule has 1 amide bonds. The van der Waals surface area contributed by atoms with Crippen molar-refractivity contribution < 1.29 is 13.2 Å². The molecule has 0 radical (unpaired) electrons. The van der Waals surface area contributed by atoms with Crippen LogP contribution in [-0.2, 0) is 10.0 Å². The van der Waals surface area contributed by atoms with Crippen LogP contribution >= 0.6 is 0 Å². The van der Waals surface area contributed by atoms with Gasteiger partial charge in [0.15, 0.2) is 0 Å². The molecule has 0 aliphatic carbocycles. The van der Waals surface area contributed by atoms with Crippen molar-refractivity contribution in [1.82, 2.24) is 9.88 Å². The predicted octanol–water partition coefficient (Wildman–Crippen LogP) is 2.36. The van der Waals surface area contributed by atoms with E-state index < -0.39 is 10.0 Å². The van der Waals surface area contributed by atoms with Crippen LogP contribution in [0.1, 0.15) is 28.9 Å². The second-order valence-corrected chi connectivity index (χ2v) is 7.40. The number of nitrogens with zero attached hydrogens (tertiary/aromatic N) is 1. The van der Waals surface area contributed by atoms with Gasteiger partial charge in [-0.2, -0.15) is 0 Å². The topological polar surface area (TPSA) is 82.3 Å². The van der Waals surface area contributed by atoms with Crippen molar-refractivity contribution in [3.05, 3.63) is 47.8 Å². The van der Waals surface area contributed by atoms with Crippen LogP contribution in [0.25, 0.3) is 0 Å². The van der Waals surface area contributed by atoms with Crippen LogP contribution in [0.3, 0.4) is 0 Å². The molecule has 0 atom stereocenters. The number of benzene rings is 1. The highest BCUT2D eigenvalue weighted by Crippen LogP contribution is 2.19. The maximum Gasteiger partial charge on any atom is 0.270 e. The van der Waals surface area contributed by atoms with E-state index in [4.69, 9.17) is 0 Å². The molecule has 7 heteroatoms. The molecule has 0 spiro atoms. The molecule has 122 valence electrons. The van der Waals surface area contributed by atoms with Crippen LogP contribution in [0, 0.1) is 6.92 Å². The van der Waals surface area contributed by atoms with Gasteiger partial charge in [-0.3, -0.25) is 9.52 Å². The summed E-state index contributed by atoms with van der Waals surface area (Å²) in [5, 5.41) is 0. The third-order valence-corrected chi connectivity index (χ3v) is 5.26. The summed E-state index contributed by atoms with van der Waals surface area (Å²) >= 11 is 0. The number of likely N-dealkylation sites (tertiary alicyclic amines) is 1. The Hall–Kier alpha value is -2.28. The van der Waals surface area contributed by atoms with Gasteiger partial charge >= 0.3 is 0 Å². The smallest absolute Gasteiger partial charge is 0.270 e. The van der Waals surface area contributed by atoms with Crippen LogP contribution < -0.4 is 4.72 Å². The van der Waals surface area contributed by atoms with Gasteiger partial charge in [-0.1, -0.05) is 17.7 Å². The first kappa shape index (κ1) is 15.6. The first-order valence-electron chi connectivity index (χ1n) is 7.53. The van der Waals surface area contributed by atoms with E-state index in [0.717, 1.165) is 31.5 Å². The normalized spacial score (nSPS) is 14.9. The van der Waals surface area contributed by atoms with E-state index in [9.17, 15) is 13.2 Å². The van der Waals surface area contributed by atoms with E-state index in [1.807, 2.05) is 19.1 Å². The van der Waals surface area contributed by atoms with Gasteiger partial charge in [-0.15, -0.1) is 0 Å². The summed E-state index contributed by atoms with van der Waals surface area (Å²) in [6.45, 7) is 3.38. The number of hydrogen-bond acceptors (Lipinski definition) is 3. The van der Waals surface area contributed by atoms with Crippen molar-refractivity contribution in [2.75, 3.05) is 17.8 Å². The van der Waals surface area contributed by atoms with Gasteiger partial charge < -0.3 is 9.88 Å². The molecular weight excluding hydrogens is 314 g/mol. The third-order valence-electron chi connectivity index (χ3n) is 3.89. The van der Waals surface area contributed by atoms with E-state index in [1.165, 1.54) is 12.3 Å². The van der Waals surface area contributed by atoms with Crippen molar-refractivity contribution in [3.63, 3.8) is 0 Å². The zero-order valence-electron chi connectivity index (χ0n) is 12.9. The number of amides is 1. The number of anilines is 1. The highest BCUT2D eigenvalue weighted by Gasteiger charge is 2.23. The molecule has 1 fully saturated rings. The maximum absolute atomic E-state index is 12.4. The minimum Gasteiger partial charge on any atom is -0.356 e. The van der Waals surface area contributed by atoms with Gasteiger partial charge in [0.1, 0.15) is 10.6 Å². The Labute approximate surface area is 135 Å². The monoisotopic (exact) mass is 333 g/mol. The van der Waals surface area contributed by atoms with Gasteiger partial charge in [-0.25, -0.2) is 8.42 Å². The highest BCUT2D eigenvalue weighted by molar-refractivity contribution is 7.92. The average molecular weight is 333 g/mol. The van der Waals surface area contributed by atoms with Crippen molar-refractivity contribution in [2.24, 2.45) is 0 Å². The molecule has 1 aliphatic rings. The summed E-state index contributed by atoms with van der Waals surface area (Å²) in [6.07, 6.45) is 3.33. The lowest BCUT2D eigenvalue weighted by atomic mass is 10.2. The second kappa shape index (κ2) is 6.08. The molecule has 1 aliphatic heterocycles. The molecule has 0 unspecified atom stereocenters.